The van der Waals surface area contributed by atoms with Crippen molar-refractivity contribution >= 4 is 19.8 Å². The van der Waals surface area contributed by atoms with Crippen molar-refractivity contribution in [2.24, 2.45) is 0 Å². The average Bonchev–Trinajstić information content (AvgIpc) is 3.35. The Morgan fingerprint density at radius 3 is 1.32 bits per heavy atom. The number of aliphatic hydroxyl groups is 5. The van der Waals surface area contributed by atoms with Crippen LogP contribution in [0.3, 0.4) is 0 Å². The van der Waals surface area contributed by atoms with Crippen molar-refractivity contribution in [2.45, 2.75) is 236 Å². The minimum Gasteiger partial charge on any atom is -0.462 e. The molecule has 1 aliphatic rings. The molecular formula is C57H95O13P. The third kappa shape index (κ3) is 37.2. The molecule has 6 unspecified atom stereocenters. The summed E-state index contributed by atoms with van der Waals surface area (Å²) >= 11 is 0. The van der Waals surface area contributed by atoms with Gasteiger partial charge < -0.3 is 39.9 Å². The number of ether oxygens (including phenoxy) is 2. The molecule has 1 aliphatic carbocycles. The fraction of sp³-hybridized carbons (Fsp3) is 0.684. The summed E-state index contributed by atoms with van der Waals surface area (Å²) in [6, 6.07) is 0. The minimum absolute atomic E-state index is 0.0163. The van der Waals surface area contributed by atoms with E-state index in [0.717, 1.165) is 51.4 Å². The van der Waals surface area contributed by atoms with Crippen molar-refractivity contribution in [3.63, 3.8) is 0 Å². The number of carbonyl (C=O) groups is 2. The molecule has 0 aliphatic heterocycles. The van der Waals surface area contributed by atoms with Gasteiger partial charge in [-0.15, -0.1) is 0 Å². The molecule has 1 rings (SSSR count). The number of hydrogen-bond donors (Lipinski definition) is 6. The third-order valence-corrected chi connectivity index (χ3v) is 12.9. The largest absolute Gasteiger partial charge is 0.472 e. The van der Waals surface area contributed by atoms with E-state index < -0.39 is 75.7 Å². The number of phosphoric ester groups is 1. The molecule has 14 heteroatoms. The van der Waals surface area contributed by atoms with Crippen LogP contribution in [0.1, 0.15) is 194 Å². The second-order valence-electron chi connectivity index (χ2n) is 18.3. The van der Waals surface area contributed by atoms with Crippen molar-refractivity contribution in [1.29, 1.82) is 0 Å². The molecule has 1 saturated carbocycles. The summed E-state index contributed by atoms with van der Waals surface area (Å²) in [4.78, 5) is 35.8. The van der Waals surface area contributed by atoms with Gasteiger partial charge in [0.05, 0.1) is 6.61 Å². The standard InChI is InChI=1S/C57H95O13P/c1-3-5-7-9-11-13-15-17-19-21-23-24-25-26-28-30-32-34-36-38-40-42-44-46-51(59)69-49(48-68-71(65,66)70-57-55(63)53(61)52(60)54(62)56(57)64)47-67-50(58)45-43-41-39-37-35-33-31-29-27-22-20-18-16-14-12-10-8-6-4-2/h6,8,12,14,18,20,27,29-30,32-33,35,38-41,49,52-57,60-64H,3-5,7,9-11,13,15-17,19,21-26,28,31,34,36-37,42-48H2,1-2H3,(H,65,66)/b8-6+,14-12+,20-18+,29-27+,32-30+,35-33+,40-38+,41-39+/t49-,52?,53-,54?,55?,56?,57?/m1/s1. The van der Waals surface area contributed by atoms with Crippen LogP contribution in [-0.4, -0.2) is 98.3 Å². The van der Waals surface area contributed by atoms with E-state index >= 15 is 0 Å². The molecule has 0 amide bonds. The average molecular weight is 1020 g/mol. The topological polar surface area (TPSA) is 210 Å². The highest BCUT2D eigenvalue weighted by Crippen LogP contribution is 2.47. The Labute approximate surface area is 428 Å². The Morgan fingerprint density at radius 1 is 0.451 bits per heavy atom. The van der Waals surface area contributed by atoms with Crippen molar-refractivity contribution < 1.29 is 63.1 Å². The fourth-order valence-electron chi connectivity index (χ4n) is 7.63. The van der Waals surface area contributed by atoms with Gasteiger partial charge in [-0.3, -0.25) is 18.6 Å². The highest BCUT2D eigenvalue weighted by atomic mass is 31.2. The van der Waals surface area contributed by atoms with Crippen LogP contribution in [0.5, 0.6) is 0 Å². The third-order valence-electron chi connectivity index (χ3n) is 11.9. The van der Waals surface area contributed by atoms with E-state index in [-0.39, 0.29) is 12.8 Å². The first-order valence-electron chi connectivity index (χ1n) is 27.0. The van der Waals surface area contributed by atoms with Crippen LogP contribution in [-0.2, 0) is 32.7 Å². The van der Waals surface area contributed by atoms with Gasteiger partial charge in [0.1, 0.15) is 43.2 Å². The van der Waals surface area contributed by atoms with Crippen LogP contribution in [0.15, 0.2) is 97.2 Å². The van der Waals surface area contributed by atoms with Crippen LogP contribution >= 0.6 is 7.82 Å². The Hall–Kier alpha value is -3.23. The maximum absolute atomic E-state index is 12.9. The molecule has 6 N–H and O–H groups in total. The number of hydrogen-bond acceptors (Lipinski definition) is 12. The molecule has 0 radical (unpaired) electrons. The summed E-state index contributed by atoms with van der Waals surface area (Å²) in [5.74, 6) is -1.25. The van der Waals surface area contributed by atoms with E-state index in [2.05, 4.69) is 86.8 Å². The van der Waals surface area contributed by atoms with Crippen molar-refractivity contribution in [3.8, 4) is 0 Å². The number of unbranched alkanes of at least 4 members (excludes halogenated alkanes) is 16. The molecule has 1 fully saturated rings. The van der Waals surface area contributed by atoms with Crippen LogP contribution in [0.2, 0.25) is 0 Å². The number of rotatable bonds is 44. The molecule has 0 bridgehead atoms. The second-order valence-corrected chi connectivity index (χ2v) is 19.7. The van der Waals surface area contributed by atoms with E-state index in [4.69, 9.17) is 18.5 Å². The smallest absolute Gasteiger partial charge is 0.462 e. The molecule has 0 aromatic rings. The minimum atomic E-state index is -5.16. The van der Waals surface area contributed by atoms with Crippen molar-refractivity contribution in [3.05, 3.63) is 97.2 Å². The van der Waals surface area contributed by atoms with Gasteiger partial charge in [-0.25, -0.2) is 4.57 Å². The summed E-state index contributed by atoms with van der Waals surface area (Å²) in [6.07, 6.45) is 49.1. The number of phosphoric acid groups is 1. The van der Waals surface area contributed by atoms with Crippen molar-refractivity contribution in [1.82, 2.24) is 0 Å². The predicted molar refractivity (Wildman–Crippen MR) is 285 cm³/mol. The van der Waals surface area contributed by atoms with Gasteiger partial charge in [0.15, 0.2) is 6.10 Å². The van der Waals surface area contributed by atoms with Gasteiger partial charge in [-0.2, -0.15) is 0 Å². The molecule has 71 heavy (non-hydrogen) atoms. The number of carbonyl (C=O) groups excluding carboxylic acids is 2. The zero-order valence-electron chi connectivity index (χ0n) is 43.5. The highest BCUT2D eigenvalue weighted by molar-refractivity contribution is 7.47. The first-order valence-corrected chi connectivity index (χ1v) is 28.5. The van der Waals surface area contributed by atoms with E-state index in [9.17, 15) is 44.6 Å². The Bertz CT molecular complexity index is 1600. The molecule has 13 nitrogen and oxygen atoms in total. The summed E-state index contributed by atoms with van der Waals surface area (Å²) in [6.45, 7) is 3.11. The lowest BCUT2D eigenvalue weighted by Crippen LogP contribution is -2.64. The fourth-order valence-corrected chi connectivity index (χ4v) is 8.60. The second kappa shape index (κ2) is 45.4. The molecule has 0 aromatic heterocycles. The number of esters is 2. The van der Waals surface area contributed by atoms with Gasteiger partial charge in [-0.05, 0) is 83.5 Å². The predicted octanol–water partition coefficient (Wildman–Crippen LogP) is 12.2. The molecule has 0 saturated heterocycles. The monoisotopic (exact) mass is 1020 g/mol. The summed E-state index contributed by atoms with van der Waals surface area (Å²) < 4.78 is 33.5. The normalized spacial score (nSPS) is 21.4. The van der Waals surface area contributed by atoms with Gasteiger partial charge in [0, 0.05) is 12.8 Å². The highest BCUT2D eigenvalue weighted by Gasteiger charge is 2.51. The molecule has 8 atom stereocenters. The SMILES string of the molecule is CC/C=C/C/C=C/C/C=C/C/C=C/C/C=C/C/C=C/CCC(=O)OC[C@H](COP(=O)(O)OC1C(O)C(O)C(O)[C@@H](O)C1O)OC(=O)CCC/C=C/CC/C=C/CCCCCCCCCCCCCCCC. The first-order chi connectivity index (χ1) is 34.4. The van der Waals surface area contributed by atoms with Gasteiger partial charge in [0.2, 0.25) is 0 Å². The molecule has 0 spiro atoms. The maximum Gasteiger partial charge on any atom is 0.472 e. The summed E-state index contributed by atoms with van der Waals surface area (Å²) in [5, 5.41) is 50.3. The maximum atomic E-state index is 12.9. The van der Waals surface area contributed by atoms with Gasteiger partial charge >= 0.3 is 19.8 Å². The van der Waals surface area contributed by atoms with Crippen LogP contribution in [0, 0.1) is 0 Å². The molecule has 406 valence electrons. The van der Waals surface area contributed by atoms with E-state index in [1.807, 2.05) is 24.3 Å². The number of aliphatic hydroxyl groups excluding tert-OH is 5. The summed E-state index contributed by atoms with van der Waals surface area (Å²) in [5.41, 5.74) is 0. The quantitative estimate of drug-likeness (QED) is 0.0145. The van der Waals surface area contributed by atoms with Gasteiger partial charge in [-0.1, -0.05) is 195 Å². The van der Waals surface area contributed by atoms with E-state index in [0.29, 0.717) is 25.7 Å². The van der Waals surface area contributed by atoms with E-state index in [1.165, 1.54) is 89.9 Å². The van der Waals surface area contributed by atoms with E-state index in [1.54, 1.807) is 0 Å². The van der Waals surface area contributed by atoms with Crippen LogP contribution in [0.4, 0.5) is 0 Å². The molecular weight excluding hydrogens is 924 g/mol. The van der Waals surface area contributed by atoms with Crippen LogP contribution in [0.25, 0.3) is 0 Å². The Balaban J connectivity index is 2.45. The van der Waals surface area contributed by atoms with Crippen LogP contribution < -0.4 is 0 Å². The Kier molecular flexibility index (Phi) is 42.1. The number of allylic oxidation sites excluding steroid dienone is 16. The lowest BCUT2D eigenvalue weighted by molar-refractivity contribution is -0.220. The lowest BCUT2D eigenvalue weighted by Gasteiger charge is -2.41. The zero-order chi connectivity index (χ0) is 52.1. The summed E-state index contributed by atoms with van der Waals surface area (Å²) in [7, 11) is -5.16. The molecule has 0 heterocycles. The van der Waals surface area contributed by atoms with Crippen molar-refractivity contribution in [2.75, 3.05) is 13.2 Å². The zero-order valence-corrected chi connectivity index (χ0v) is 44.4. The first kappa shape index (κ1) is 65.8. The Morgan fingerprint density at radius 2 is 0.845 bits per heavy atom. The van der Waals surface area contributed by atoms with Gasteiger partial charge in [0.25, 0.3) is 0 Å². The molecule has 0 aromatic carbocycles. The lowest BCUT2D eigenvalue weighted by atomic mass is 9.85.